The van der Waals surface area contributed by atoms with E-state index < -0.39 is 0 Å². The number of pyridine rings is 1. The van der Waals surface area contributed by atoms with Crippen LogP contribution >= 0.6 is 0 Å². The van der Waals surface area contributed by atoms with Crippen molar-refractivity contribution in [3.05, 3.63) is 71.9 Å². The number of benzene rings is 2. The van der Waals surface area contributed by atoms with Crippen LogP contribution in [-0.2, 0) is 13.0 Å². The molecule has 1 fully saturated rings. The van der Waals surface area contributed by atoms with Gasteiger partial charge in [0.15, 0.2) is 0 Å². The molecule has 25 heavy (non-hydrogen) atoms. The summed E-state index contributed by atoms with van der Waals surface area (Å²) >= 11 is 0. The quantitative estimate of drug-likeness (QED) is 0.797. The molecule has 128 valence electrons. The molecule has 3 nitrogen and oxygen atoms in total. The van der Waals surface area contributed by atoms with Gasteiger partial charge in [0.05, 0.1) is 18.6 Å². The van der Waals surface area contributed by atoms with Gasteiger partial charge in [0.2, 0.25) is 0 Å². The molecule has 4 rings (SSSR count). The third-order valence-corrected chi connectivity index (χ3v) is 5.44. The Hall–Kier alpha value is -2.39. The Bertz CT molecular complexity index is 839. The smallest absolute Gasteiger partial charge is 0.103 e. The molecule has 1 aromatic heterocycles. The molecule has 1 aliphatic heterocycles. The zero-order valence-corrected chi connectivity index (χ0v) is 14.4. The largest absolute Gasteiger partial charge is 0.871 e. The highest BCUT2D eigenvalue weighted by Crippen LogP contribution is 2.23. The lowest BCUT2D eigenvalue weighted by atomic mass is 9.90. The lowest BCUT2D eigenvalue weighted by molar-refractivity contribution is -0.919. The number of fused-ring (bicyclic) bond motifs is 1. The average Bonchev–Trinajstić information content (AvgIpc) is 2.67. The van der Waals surface area contributed by atoms with E-state index in [1.54, 1.807) is 17.2 Å². The maximum atomic E-state index is 12.0. The second-order valence-electron chi connectivity index (χ2n) is 7.18. The van der Waals surface area contributed by atoms with E-state index in [4.69, 9.17) is 0 Å². The van der Waals surface area contributed by atoms with Crippen LogP contribution in [0.4, 0.5) is 0 Å². The molecule has 1 saturated heterocycles. The fourth-order valence-corrected chi connectivity index (χ4v) is 4.04. The van der Waals surface area contributed by atoms with Gasteiger partial charge in [0.25, 0.3) is 0 Å². The Morgan fingerprint density at radius 1 is 0.960 bits per heavy atom. The summed E-state index contributed by atoms with van der Waals surface area (Å²) < 4.78 is 0. The predicted molar refractivity (Wildman–Crippen MR) is 98.5 cm³/mol. The molecule has 2 heterocycles. The van der Waals surface area contributed by atoms with Crippen LogP contribution in [0.3, 0.4) is 0 Å². The van der Waals surface area contributed by atoms with Gasteiger partial charge in [-0.2, -0.15) is 0 Å². The SMILES string of the molecule is [O-]c1ccc(C[NH+]2CCC(Cc3ccccc3)CC2)c2cccnc12. The minimum Gasteiger partial charge on any atom is -0.871 e. The zero-order valence-electron chi connectivity index (χ0n) is 14.4. The van der Waals surface area contributed by atoms with Gasteiger partial charge < -0.3 is 10.0 Å². The topological polar surface area (TPSA) is 40.4 Å². The predicted octanol–water partition coefficient (Wildman–Crippen LogP) is 2.35. The molecular weight excluding hydrogens is 308 g/mol. The molecule has 0 unspecified atom stereocenters. The van der Waals surface area contributed by atoms with E-state index >= 15 is 0 Å². The summed E-state index contributed by atoms with van der Waals surface area (Å²) in [5.41, 5.74) is 3.32. The minimum atomic E-state index is 0.0240. The first-order valence-corrected chi connectivity index (χ1v) is 9.21. The first-order valence-electron chi connectivity index (χ1n) is 9.21. The Kier molecular flexibility index (Phi) is 4.66. The van der Waals surface area contributed by atoms with Crippen molar-refractivity contribution >= 4 is 10.9 Å². The van der Waals surface area contributed by atoms with E-state index in [0.717, 1.165) is 17.8 Å². The van der Waals surface area contributed by atoms with Crippen molar-refractivity contribution in [3.63, 3.8) is 0 Å². The number of quaternary nitrogens is 1. The van der Waals surface area contributed by atoms with Gasteiger partial charge in [-0.1, -0.05) is 54.3 Å². The van der Waals surface area contributed by atoms with Crippen LogP contribution < -0.4 is 10.0 Å². The first-order chi connectivity index (χ1) is 12.3. The van der Waals surface area contributed by atoms with Crippen molar-refractivity contribution in [2.45, 2.75) is 25.8 Å². The van der Waals surface area contributed by atoms with Crippen LogP contribution in [0.5, 0.6) is 5.75 Å². The number of likely N-dealkylation sites (tertiary alicyclic amines) is 1. The standard InChI is InChI=1S/C22H24N2O/c25-21-9-8-19(20-7-4-12-23-22(20)21)16-24-13-10-18(11-14-24)15-17-5-2-1-3-6-17/h1-9,12,18,25H,10-11,13-16H2. The van der Waals surface area contributed by atoms with E-state index in [-0.39, 0.29) is 5.75 Å². The fourth-order valence-electron chi connectivity index (χ4n) is 4.04. The van der Waals surface area contributed by atoms with Crippen LogP contribution in [0.1, 0.15) is 24.0 Å². The number of hydrogen-bond acceptors (Lipinski definition) is 2. The minimum absolute atomic E-state index is 0.0240. The van der Waals surface area contributed by atoms with Crippen molar-refractivity contribution in [2.75, 3.05) is 13.1 Å². The van der Waals surface area contributed by atoms with E-state index in [0.29, 0.717) is 5.52 Å². The van der Waals surface area contributed by atoms with Gasteiger partial charge in [0.1, 0.15) is 6.54 Å². The fraction of sp³-hybridized carbons (Fsp3) is 0.318. The number of nitrogens with zero attached hydrogens (tertiary/aromatic N) is 1. The summed E-state index contributed by atoms with van der Waals surface area (Å²) in [6.07, 6.45) is 5.46. The second kappa shape index (κ2) is 7.24. The van der Waals surface area contributed by atoms with Gasteiger partial charge in [-0.15, -0.1) is 0 Å². The molecule has 1 N–H and O–H groups in total. The Balaban J connectivity index is 1.40. The van der Waals surface area contributed by atoms with Gasteiger partial charge in [-0.05, 0) is 36.8 Å². The van der Waals surface area contributed by atoms with E-state index in [9.17, 15) is 5.11 Å². The zero-order chi connectivity index (χ0) is 17.1. The van der Waals surface area contributed by atoms with E-state index in [1.807, 2.05) is 18.2 Å². The van der Waals surface area contributed by atoms with Crippen molar-refractivity contribution in [3.8, 4) is 5.75 Å². The van der Waals surface area contributed by atoms with Gasteiger partial charge in [0, 0.05) is 17.1 Å². The van der Waals surface area contributed by atoms with Crippen LogP contribution in [0, 0.1) is 5.92 Å². The molecule has 2 aromatic carbocycles. The summed E-state index contributed by atoms with van der Waals surface area (Å²) in [5, 5.41) is 13.0. The van der Waals surface area contributed by atoms with Crippen LogP contribution in [-0.4, -0.2) is 18.1 Å². The molecule has 0 amide bonds. The molecule has 0 bridgehead atoms. The molecule has 3 heteroatoms. The Labute approximate surface area is 148 Å². The number of nitrogens with one attached hydrogen (secondary N) is 1. The summed E-state index contributed by atoms with van der Waals surface area (Å²) in [6.45, 7) is 3.40. The highest BCUT2D eigenvalue weighted by atomic mass is 16.3. The van der Waals surface area contributed by atoms with Crippen LogP contribution in [0.15, 0.2) is 60.8 Å². The van der Waals surface area contributed by atoms with Gasteiger partial charge in [-0.3, -0.25) is 4.98 Å². The van der Waals surface area contributed by atoms with Crippen LogP contribution in [0.25, 0.3) is 10.9 Å². The number of hydrogen-bond donors (Lipinski definition) is 1. The molecule has 3 aromatic rings. The maximum Gasteiger partial charge on any atom is 0.103 e. The maximum absolute atomic E-state index is 12.0. The number of piperidine rings is 1. The molecule has 0 aliphatic carbocycles. The first kappa shape index (κ1) is 16.1. The number of aromatic nitrogens is 1. The van der Waals surface area contributed by atoms with E-state index in [1.165, 1.54) is 43.5 Å². The molecule has 1 aliphatic rings. The average molecular weight is 332 g/mol. The highest BCUT2D eigenvalue weighted by molar-refractivity contribution is 5.86. The van der Waals surface area contributed by atoms with Crippen LogP contribution in [0.2, 0.25) is 0 Å². The molecule has 0 saturated carbocycles. The van der Waals surface area contributed by atoms with Gasteiger partial charge >= 0.3 is 0 Å². The van der Waals surface area contributed by atoms with Crippen molar-refractivity contribution in [2.24, 2.45) is 5.92 Å². The lowest BCUT2D eigenvalue weighted by Gasteiger charge is -2.30. The third-order valence-electron chi connectivity index (χ3n) is 5.44. The van der Waals surface area contributed by atoms with Gasteiger partial charge in [-0.25, -0.2) is 0 Å². The highest BCUT2D eigenvalue weighted by Gasteiger charge is 2.22. The lowest BCUT2D eigenvalue weighted by Crippen LogP contribution is -3.11. The third kappa shape index (κ3) is 3.67. The Morgan fingerprint density at radius 3 is 2.56 bits per heavy atom. The van der Waals surface area contributed by atoms with Crippen molar-refractivity contribution in [1.29, 1.82) is 0 Å². The summed E-state index contributed by atoms with van der Waals surface area (Å²) in [7, 11) is 0. The molecule has 0 radical (unpaired) electrons. The monoisotopic (exact) mass is 332 g/mol. The summed E-state index contributed by atoms with van der Waals surface area (Å²) in [5.74, 6) is 0.824. The summed E-state index contributed by atoms with van der Waals surface area (Å²) in [4.78, 5) is 5.89. The Morgan fingerprint density at radius 2 is 1.76 bits per heavy atom. The van der Waals surface area contributed by atoms with Crippen molar-refractivity contribution < 1.29 is 10.0 Å². The normalized spacial score (nSPS) is 20.6. The molecule has 0 atom stereocenters. The number of rotatable bonds is 4. The van der Waals surface area contributed by atoms with Crippen molar-refractivity contribution in [1.82, 2.24) is 4.98 Å². The molecule has 0 spiro atoms. The molecular formula is C22H24N2O. The van der Waals surface area contributed by atoms with E-state index in [2.05, 4.69) is 35.3 Å². The summed E-state index contributed by atoms with van der Waals surface area (Å²) in [6, 6.07) is 18.5. The second-order valence-corrected chi connectivity index (χ2v) is 7.18.